The van der Waals surface area contributed by atoms with Gasteiger partial charge in [-0.3, -0.25) is 4.98 Å². The molecular weight excluding hydrogens is 466 g/mol. The van der Waals surface area contributed by atoms with Gasteiger partial charge in [0.25, 0.3) is 0 Å². The Labute approximate surface area is 207 Å². The average molecular weight is 490 g/mol. The number of piperidine rings is 1. The van der Waals surface area contributed by atoms with Gasteiger partial charge >= 0.3 is 0 Å². The number of hydrogen-bond acceptors (Lipinski definition) is 7. The molecule has 1 aromatic carbocycles. The van der Waals surface area contributed by atoms with E-state index in [-0.39, 0.29) is 0 Å². The van der Waals surface area contributed by atoms with Crippen LogP contribution in [0.3, 0.4) is 0 Å². The number of phenols is 1. The second kappa shape index (κ2) is 8.40. The topological polar surface area (TPSA) is 75.0 Å². The number of aromatic hydroxyl groups is 1. The van der Waals surface area contributed by atoms with Crippen molar-refractivity contribution in [1.82, 2.24) is 19.9 Å². The lowest BCUT2D eigenvalue weighted by Gasteiger charge is -2.39. The highest BCUT2D eigenvalue weighted by atomic mass is 35.5. The van der Waals surface area contributed by atoms with Crippen LogP contribution in [0.25, 0.3) is 11.2 Å². The highest BCUT2D eigenvalue weighted by Crippen LogP contribution is 2.45. The van der Waals surface area contributed by atoms with Crippen LogP contribution in [0, 0.1) is 12.3 Å². The second-order valence-corrected chi connectivity index (χ2v) is 10.8. The number of halogens is 1. The van der Waals surface area contributed by atoms with Crippen molar-refractivity contribution in [2.24, 2.45) is 5.41 Å². The summed E-state index contributed by atoms with van der Waals surface area (Å²) in [5.74, 6) is 1.28. The third-order valence-corrected chi connectivity index (χ3v) is 8.66. The standard InChI is InChI=1S/C26H24ClN5OS/c1-16-24(27)21(6-9-28-16)34-23-5-4-20-25(31-23)29-15-22(30-20)32-10-7-26(8-11-32)13-17-2-3-19(33)12-18(17)14-26/h2-6,9,12,15,33H,7-8,10-11,13-14H2,1H3. The fraction of sp³-hybridized carbons (Fsp3) is 0.308. The number of benzene rings is 1. The minimum absolute atomic E-state index is 0.303. The van der Waals surface area contributed by atoms with Gasteiger partial charge in [0.1, 0.15) is 22.1 Å². The smallest absolute Gasteiger partial charge is 0.179 e. The molecule has 1 fully saturated rings. The summed E-state index contributed by atoms with van der Waals surface area (Å²) >= 11 is 7.90. The van der Waals surface area contributed by atoms with E-state index in [0.717, 1.165) is 65.7 Å². The van der Waals surface area contributed by atoms with E-state index in [0.29, 0.717) is 21.8 Å². The average Bonchev–Trinajstić information content (AvgIpc) is 3.19. The Bertz CT molecular complexity index is 1400. The maximum absolute atomic E-state index is 9.84. The monoisotopic (exact) mass is 489 g/mol. The van der Waals surface area contributed by atoms with Gasteiger partial charge in [-0.25, -0.2) is 15.0 Å². The molecule has 4 heterocycles. The van der Waals surface area contributed by atoms with E-state index in [1.54, 1.807) is 6.20 Å². The first kappa shape index (κ1) is 21.6. The minimum Gasteiger partial charge on any atom is -0.508 e. The van der Waals surface area contributed by atoms with Gasteiger partial charge in [-0.2, -0.15) is 0 Å². The molecule has 1 aliphatic heterocycles. The predicted octanol–water partition coefficient (Wildman–Crippen LogP) is 5.62. The Kier molecular flexibility index (Phi) is 5.34. The molecule has 1 saturated heterocycles. The highest BCUT2D eigenvalue weighted by molar-refractivity contribution is 7.99. The van der Waals surface area contributed by atoms with Gasteiger partial charge in [-0.1, -0.05) is 29.4 Å². The molecule has 172 valence electrons. The van der Waals surface area contributed by atoms with E-state index in [1.807, 2.05) is 43.5 Å². The molecule has 0 atom stereocenters. The molecule has 0 radical (unpaired) electrons. The number of anilines is 1. The molecule has 6 rings (SSSR count). The van der Waals surface area contributed by atoms with Crippen LogP contribution < -0.4 is 4.90 Å². The molecule has 3 aromatic heterocycles. The van der Waals surface area contributed by atoms with Crippen molar-refractivity contribution in [2.75, 3.05) is 18.0 Å². The first-order valence-corrected chi connectivity index (χ1v) is 12.7. The van der Waals surface area contributed by atoms with Gasteiger partial charge < -0.3 is 10.0 Å². The molecule has 0 bridgehead atoms. The van der Waals surface area contributed by atoms with Gasteiger partial charge in [-0.05, 0) is 79.5 Å². The van der Waals surface area contributed by atoms with Gasteiger partial charge in [0, 0.05) is 24.2 Å². The number of nitrogens with zero attached hydrogens (tertiary/aromatic N) is 5. The molecule has 6 nitrogen and oxygen atoms in total. The van der Waals surface area contributed by atoms with E-state index >= 15 is 0 Å². The number of aryl methyl sites for hydroxylation is 1. The fourth-order valence-corrected chi connectivity index (χ4v) is 6.27. The molecule has 0 saturated carbocycles. The van der Waals surface area contributed by atoms with Crippen LogP contribution in [0.4, 0.5) is 5.82 Å². The van der Waals surface area contributed by atoms with Crippen molar-refractivity contribution in [1.29, 1.82) is 0 Å². The third kappa shape index (κ3) is 3.97. The molecule has 1 spiro atoms. The van der Waals surface area contributed by atoms with Crippen molar-refractivity contribution in [2.45, 2.75) is 42.5 Å². The van der Waals surface area contributed by atoms with Crippen LogP contribution in [0.15, 0.2) is 58.7 Å². The zero-order valence-electron chi connectivity index (χ0n) is 18.8. The van der Waals surface area contributed by atoms with Crippen LogP contribution in [0.5, 0.6) is 5.75 Å². The number of aromatic nitrogens is 4. The lowest BCUT2D eigenvalue weighted by Crippen LogP contribution is -2.41. The molecule has 1 N–H and O–H groups in total. The quantitative estimate of drug-likeness (QED) is 0.400. The van der Waals surface area contributed by atoms with Crippen molar-refractivity contribution in [3.05, 3.63) is 70.6 Å². The Balaban J connectivity index is 1.16. The van der Waals surface area contributed by atoms with E-state index in [9.17, 15) is 5.11 Å². The summed E-state index contributed by atoms with van der Waals surface area (Å²) in [5.41, 5.74) is 5.23. The number of rotatable bonds is 3. The Hall–Kier alpha value is -2.90. The van der Waals surface area contributed by atoms with E-state index in [1.165, 1.54) is 22.9 Å². The highest BCUT2D eigenvalue weighted by Gasteiger charge is 2.40. The molecule has 8 heteroatoms. The molecule has 34 heavy (non-hydrogen) atoms. The van der Waals surface area contributed by atoms with Crippen LogP contribution >= 0.6 is 23.4 Å². The lowest BCUT2D eigenvalue weighted by atomic mass is 9.76. The molecule has 2 aliphatic rings. The predicted molar refractivity (Wildman–Crippen MR) is 135 cm³/mol. The number of pyridine rings is 2. The van der Waals surface area contributed by atoms with Crippen LogP contribution in [0.1, 0.15) is 29.7 Å². The fourth-order valence-electron chi connectivity index (χ4n) is 5.19. The first-order valence-electron chi connectivity index (χ1n) is 11.5. The molecule has 0 amide bonds. The normalized spacial score (nSPS) is 16.8. The van der Waals surface area contributed by atoms with Crippen molar-refractivity contribution < 1.29 is 5.11 Å². The van der Waals surface area contributed by atoms with Crippen LogP contribution in [-0.4, -0.2) is 38.1 Å². The van der Waals surface area contributed by atoms with Crippen molar-refractivity contribution in [3.8, 4) is 5.75 Å². The maximum Gasteiger partial charge on any atom is 0.179 e. The lowest BCUT2D eigenvalue weighted by molar-refractivity contribution is 0.232. The van der Waals surface area contributed by atoms with Gasteiger partial charge in [-0.15, -0.1) is 0 Å². The minimum atomic E-state index is 0.303. The number of phenolic OH excluding ortho intramolecular Hbond substituents is 1. The number of fused-ring (bicyclic) bond motifs is 2. The number of hydrogen-bond donors (Lipinski definition) is 1. The van der Waals surface area contributed by atoms with Crippen molar-refractivity contribution in [3.63, 3.8) is 0 Å². The van der Waals surface area contributed by atoms with Gasteiger partial charge in [0.2, 0.25) is 0 Å². The SMILES string of the molecule is Cc1nccc(Sc2ccc3nc(N4CCC5(CC4)Cc4ccc(O)cc4C5)cnc3n2)c1Cl. The largest absolute Gasteiger partial charge is 0.508 e. The third-order valence-electron chi connectivity index (χ3n) is 7.08. The maximum atomic E-state index is 9.84. The molecule has 0 unspecified atom stereocenters. The Morgan fingerprint density at radius 2 is 1.82 bits per heavy atom. The van der Waals surface area contributed by atoms with Gasteiger partial charge in [0.15, 0.2) is 5.65 Å². The Morgan fingerprint density at radius 3 is 2.68 bits per heavy atom. The molecule has 1 aliphatic carbocycles. The summed E-state index contributed by atoms with van der Waals surface area (Å²) in [6.45, 7) is 3.81. The van der Waals surface area contributed by atoms with E-state index in [2.05, 4.69) is 25.9 Å². The summed E-state index contributed by atoms with van der Waals surface area (Å²) < 4.78 is 0. The molecule has 4 aromatic rings. The van der Waals surface area contributed by atoms with E-state index < -0.39 is 0 Å². The Morgan fingerprint density at radius 1 is 1.00 bits per heavy atom. The van der Waals surface area contributed by atoms with Crippen molar-refractivity contribution >= 4 is 40.3 Å². The second-order valence-electron chi connectivity index (χ2n) is 9.32. The summed E-state index contributed by atoms with van der Waals surface area (Å²) in [4.78, 5) is 21.7. The summed E-state index contributed by atoms with van der Waals surface area (Å²) in [6, 6.07) is 11.7. The summed E-state index contributed by atoms with van der Waals surface area (Å²) in [6.07, 6.45) is 7.98. The van der Waals surface area contributed by atoms with E-state index in [4.69, 9.17) is 16.6 Å². The summed E-state index contributed by atoms with van der Waals surface area (Å²) in [5, 5.41) is 11.3. The summed E-state index contributed by atoms with van der Waals surface area (Å²) in [7, 11) is 0. The zero-order chi connectivity index (χ0) is 23.3. The zero-order valence-corrected chi connectivity index (χ0v) is 20.4. The van der Waals surface area contributed by atoms with Crippen LogP contribution in [0.2, 0.25) is 5.02 Å². The molecular formula is C26H24ClN5OS. The first-order chi connectivity index (χ1) is 16.5. The van der Waals surface area contributed by atoms with Crippen LogP contribution in [-0.2, 0) is 12.8 Å². The van der Waals surface area contributed by atoms with Gasteiger partial charge in [0.05, 0.1) is 16.9 Å².